The Morgan fingerprint density at radius 3 is 3.12 bits per heavy atom. The highest BCUT2D eigenvalue weighted by Gasteiger charge is 2.05. The number of rotatable bonds is 7. The first-order chi connectivity index (χ1) is 7.74. The van der Waals surface area contributed by atoms with Gasteiger partial charge in [0.25, 0.3) is 0 Å². The SMILES string of the molecule is CC(NCCCCC(N)=NO)c1nccs1. The van der Waals surface area contributed by atoms with Gasteiger partial charge in [-0.3, -0.25) is 0 Å². The molecule has 0 aliphatic rings. The molecule has 0 saturated heterocycles. The van der Waals surface area contributed by atoms with Crippen LogP contribution in [0, 0.1) is 0 Å². The third kappa shape index (κ3) is 4.59. The van der Waals surface area contributed by atoms with Gasteiger partial charge in [-0.15, -0.1) is 11.3 Å². The summed E-state index contributed by atoms with van der Waals surface area (Å²) in [5.74, 6) is 0.299. The number of amidine groups is 1. The molecule has 1 aromatic heterocycles. The van der Waals surface area contributed by atoms with Gasteiger partial charge in [0, 0.05) is 18.0 Å². The smallest absolute Gasteiger partial charge is 0.139 e. The lowest BCUT2D eigenvalue weighted by Gasteiger charge is -2.10. The average molecular weight is 242 g/mol. The number of oxime groups is 1. The van der Waals surface area contributed by atoms with Crippen LogP contribution in [0.3, 0.4) is 0 Å². The van der Waals surface area contributed by atoms with Crippen molar-refractivity contribution in [2.75, 3.05) is 6.54 Å². The fourth-order valence-corrected chi connectivity index (χ4v) is 2.01. The van der Waals surface area contributed by atoms with E-state index in [0.717, 1.165) is 24.4 Å². The molecule has 1 heterocycles. The lowest BCUT2D eigenvalue weighted by molar-refractivity contribution is 0.316. The number of hydrogen-bond donors (Lipinski definition) is 3. The Bertz CT molecular complexity index is 313. The van der Waals surface area contributed by atoms with Crippen molar-refractivity contribution < 1.29 is 5.21 Å². The maximum absolute atomic E-state index is 8.34. The highest BCUT2D eigenvalue weighted by molar-refractivity contribution is 7.09. The standard InChI is InChI=1S/C10H18N4OS/c1-8(10-13-6-7-16-10)12-5-3-2-4-9(11)14-15/h6-8,12,15H,2-5H2,1H3,(H2,11,14). The summed E-state index contributed by atoms with van der Waals surface area (Å²) >= 11 is 1.66. The molecule has 1 atom stereocenters. The summed E-state index contributed by atoms with van der Waals surface area (Å²) in [5, 5.41) is 17.7. The van der Waals surface area contributed by atoms with Crippen LogP contribution in [-0.2, 0) is 0 Å². The van der Waals surface area contributed by atoms with E-state index in [4.69, 9.17) is 10.9 Å². The number of unbranched alkanes of at least 4 members (excludes halogenated alkanes) is 1. The molecule has 1 unspecified atom stereocenters. The highest BCUT2D eigenvalue weighted by atomic mass is 32.1. The van der Waals surface area contributed by atoms with Crippen molar-refractivity contribution in [1.82, 2.24) is 10.3 Å². The Labute approximate surface area is 99.4 Å². The van der Waals surface area contributed by atoms with Crippen LogP contribution in [-0.4, -0.2) is 22.6 Å². The number of nitrogens with one attached hydrogen (secondary N) is 1. The Hall–Kier alpha value is -1.14. The van der Waals surface area contributed by atoms with Crippen LogP contribution in [0.25, 0.3) is 0 Å². The Kier molecular flexibility index (Phi) is 5.81. The van der Waals surface area contributed by atoms with E-state index in [-0.39, 0.29) is 0 Å². The van der Waals surface area contributed by atoms with Gasteiger partial charge < -0.3 is 16.3 Å². The first-order valence-electron chi connectivity index (χ1n) is 5.33. The molecule has 6 heteroatoms. The number of hydrogen-bond acceptors (Lipinski definition) is 5. The van der Waals surface area contributed by atoms with Crippen molar-refractivity contribution in [3.63, 3.8) is 0 Å². The van der Waals surface area contributed by atoms with Gasteiger partial charge in [0.1, 0.15) is 10.8 Å². The fraction of sp³-hybridized carbons (Fsp3) is 0.600. The summed E-state index contributed by atoms with van der Waals surface area (Å²) < 4.78 is 0. The summed E-state index contributed by atoms with van der Waals surface area (Å²) in [6, 6.07) is 0.295. The molecular formula is C10H18N4OS. The van der Waals surface area contributed by atoms with E-state index in [9.17, 15) is 0 Å². The number of nitrogens with zero attached hydrogens (tertiary/aromatic N) is 2. The topological polar surface area (TPSA) is 83.5 Å². The Morgan fingerprint density at radius 2 is 2.50 bits per heavy atom. The van der Waals surface area contributed by atoms with Gasteiger partial charge in [0.05, 0.1) is 6.04 Å². The third-order valence-corrected chi connectivity index (χ3v) is 3.22. The second-order valence-corrected chi connectivity index (χ2v) is 4.52. The molecule has 16 heavy (non-hydrogen) atoms. The minimum Gasteiger partial charge on any atom is -0.409 e. The predicted molar refractivity (Wildman–Crippen MR) is 65.8 cm³/mol. The molecule has 4 N–H and O–H groups in total. The van der Waals surface area contributed by atoms with Crippen LogP contribution in [0.2, 0.25) is 0 Å². The predicted octanol–water partition coefficient (Wildman–Crippen LogP) is 1.71. The lowest BCUT2D eigenvalue weighted by atomic mass is 10.2. The molecule has 0 amide bonds. The van der Waals surface area contributed by atoms with E-state index in [1.54, 1.807) is 11.3 Å². The van der Waals surface area contributed by atoms with E-state index in [1.807, 2.05) is 11.6 Å². The molecule has 0 spiro atoms. The third-order valence-electron chi connectivity index (χ3n) is 2.26. The maximum atomic E-state index is 8.34. The van der Waals surface area contributed by atoms with Gasteiger partial charge in [-0.1, -0.05) is 5.16 Å². The van der Waals surface area contributed by atoms with Crippen LogP contribution in [0.15, 0.2) is 16.7 Å². The number of thiazole rings is 1. The molecule has 1 aromatic rings. The summed E-state index contributed by atoms with van der Waals surface area (Å²) in [7, 11) is 0. The van der Waals surface area contributed by atoms with Crippen molar-refractivity contribution >= 4 is 17.2 Å². The molecule has 0 aromatic carbocycles. The summed E-state index contributed by atoms with van der Waals surface area (Å²) in [4.78, 5) is 4.24. The number of aromatic nitrogens is 1. The molecule has 0 fully saturated rings. The van der Waals surface area contributed by atoms with Gasteiger partial charge in [0.2, 0.25) is 0 Å². The molecule has 0 saturated carbocycles. The first-order valence-corrected chi connectivity index (χ1v) is 6.21. The minimum atomic E-state index is 0.295. The van der Waals surface area contributed by atoms with Crippen molar-refractivity contribution in [3.05, 3.63) is 16.6 Å². The largest absolute Gasteiger partial charge is 0.409 e. The average Bonchev–Trinajstić information content (AvgIpc) is 2.81. The number of nitrogens with two attached hydrogens (primary N) is 1. The van der Waals surface area contributed by atoms with E-state index in [0.29, 0.717) is 18.3 Å². The van der Waals surface area contributed by atoms with Crippen LogP contribution >= 0.6 is 11.3 Å². The molecule has 0 aliphatic carbocycles. The van der Waals surface area contributed by atoms with Crippen molar-refractivity contribution in [1.29, 1.82) is 0 Å². The van der Waals surface area contributed by atoms with Crippen molar-refractivity contribution in [2.24, 2.45) is 10.9 Å². The molecule has 5 nitrogen and oxygen atoms in total. The van der Waals surface area contributed by atoms with Crippen LogP contribution < -0.4 is 11.1 Å². The zero-order chi connectivity index (χ0) is 11.8. The van der Waals surface area contributed by atoms with Crippen LogP contribution in [0.1, 0.15) is 37.2 Å². The second kappa shape index (κ2) is 7.19. The molecule has 0 bridgehead atoms. The van der Waals surface area contributed by atoms with Crippen molar-refractivity contribution in [2.45, 2.75) is 32.2 Å². The monoisotopic (exact) mass is 242 g/mol. The molecule has 90 valence electrons. The van der Waals surface area contributed by atoms with E-state index in [2.05, 4.69) is 22.4 Å². The van der Waals surface area contributed by atoms with E-state index in [1.165, 1.54) is 0 Å². The normalized spacial score (nSPS) is 13.9. The molecule has 1 rings (SSSR count). The maximum Gasteiger partial charge on any atom is 0.139 e. The molecule has 0 radical (unpaired) electrons. The molecular weight excluding hydrogens is 224 g/mol. The second-order valence-electron chi connectivity index (χ2n) is 3.59. The van der Waals surface area contributed by atoms with Gasteiger partial charge in [0.15, 0.2) is 0 Å². The lowest BCUT2D eigenvalue weighted by Crippen LogP contribution is -2.20. The minimum absolute atomic E-state index is 0.295. The quantitative estimate of drug-likeness (QED) is 0.223. The van der Waals surface area contributed by atoms with Gasteiger partial charge >= 0.3 is 0 Å². The van der Waals surface area contributed by atoms with Gasteiger partial charge in [-0.05, 0) is 26.3 Å². The highest BCUT2D eigenvalue weighted by Crippen LogP contribution is 2.14. The summed E-state index contributed by atoms with van der Waals surface area (Å²) in [6.45, 7) is 3.02. The van der Waals surface area contributed by atoms with E-state index < -0.39 is 0 Å². The Balaban J connectivity index is 2.07. The fourth-order valence-electron chi connectivity index (χ4n) is 1.34. The Morgan fingerprint density at radius 1 is 1.69 bits per heavy atom. The zero-order valence-electron chi connectivity index (χ0n) is 9.39. The van der Waals surface area contributed by atoms with Gasteiger partial charge in [-0.2, -0.15) is 0 Å². The summed E-state index contributed by atoms with van der Waals surface area (Å²) in [6.07, 6.45) is 4.39. The first kappa shape index (κ1) is 12.9. The summed E-state index contributed by atoms with van der Waals surface area (Å²) in [5.41, 5.74) is 5.36. The van der Waals surface area contributed by atoms with Gasteiger partial charge in [-0.25, -0.2) is 4.98 Å². The van der Waals surface area contributed by atoms with E-state index >= 15 is 0 Å². The van der Waals surface area contributed by atoms with Crippen LogP contribution in [0.5, 0.6) is 0 Å². The van der Waals surface area contributed by atoms with Crippen LogP contribution in [0.4, 0.5) is 0 Å². The molecule has 0 aliphatic heterocycles. The zero-order valence-corrected chi connectivity index (χ0v) is 10.2. The van der Waals surface area contributed by atoms with Crippen molar-refractivity contribution in [3.8, 4) is 0 Å².